The molecule has 8 rings (SSSR count). The molecular formula is C69H91BO6. The van der Waals surface area contributed by atoms with Gasteiger partial charge in [0.1, 0.15) is 0 Å². The molecule has 7 heteroatoms. The second kappa shape index (κ2) is 23.9. The normalized spacial score (nSPS) is 18.2. The highest BCUT2D eigenvalue weighted by Crippen LogP contribution is 2.44. The van der Waals surface area contributed by atoms with Gasteiger partial charge in [-0.15, -0.1) is 0 Å². The number of aliphatic hydroxyl groups is 2. The maximum absolute atomic E-state index is 11.5. The zero-order valence-corrected chi connectivity index (χ0v) is 48.7. The molecular weight excluding hydrogens is 936 g/mol. The molecule has 76 heavy (non-hydrogen) atoms. The average Bonchev–Trinajstić information content (AvgIpc) is 3.61. The molecule has 0 unspecified atom stereocenters. The molecule has 6 nitrogen and oxygen atoms in total. The summed E-state index contributed by atoms with van der Waals surface area (Å²) in [6, 6.07) is 33.3. The molecule has 0 bridgehead atoms. The van der Waals surface area contributed by atoms with Gasteiger partial charge in [-0.2, -0.15) is 0 Å². The lowest BCUT2D eigenvalue weighted by atomic mass is 9.68. The van der Waals surface area contributed by atoms with E-state index >= 15 is 0 Å². The van der Waals surface area contributed by atoms with E-state index in [1.807, 2.05) is 31.2 Å². The van der Waals surface area contributed by atoms with E-state index in [2.05, 4.69) is 174 Å². The van der Waals surface area contributed by atoms with Crippen molar-refractivity contribution < 1.29 is 29.4 Å². The van der Waals surface area contributed by atoms with Gasteiger partial charge < -0.3 is 24.6 Å². The first kappa shape index (κ1) is 58.6. The summed E-state index contributed by atoms with van der Waals surface area (Å²) in [4.78, 5) is 11.5. The monoisotopic (exact) mass is 1030 g/mol. The van der Waals surface area contributed by atoms with Crippen molar-refractivity contribution in [3.05, 3.63) is 170 Å². The zero-order valence-electron chi connectivity index (χ0n) is 48.7. The predicted octanol–water partition coefficient (Wildman–Crippen LogP) is 16.1. The number of rotatable bonds is 16. The van der Waals surface area contributed by atoms with Crippen LogP contribution in [0.4, 0.5) is 0 Å². The zero-order chi connectivity index (χ0) is 55.3. The maximum Gasteiger partial charge on any atom is 0.495 e. The minimum absolute atomic E-state index is 0.0160. The van der Waals surface area contributed by atoms with E-state index in [-0.39, 0.29) is 35.6 Å². The summed E-state index contributed by atoms with van der Waals surface area (Å²) in [5.41, 5.74) is 15.5. The molecule has 406 valence electrons. The maximum atomic E-state index is 11.5. The van der Waals surface area contributed by atoms with Crippen LogP contribution >= 0.6 is 0 Å². The Bertz CT molecular complexity index is 2860. The second-order valence-corrected chi connectivity index (χ2v) is 24.1. The van der Waals surface area contributed by atoms with Gasteiger partial charge in [-0.25, -0.2) is 0 Å². The molecule has 5 aromatic rings. The fraction of sp³-hybridized carbons (Fsp3) is 0.493. The molecule has 3 fully saturated rings. The van der Waals surface area contributed by atoms with Gasteiger partial charge in [0.2, 0.25) is 0 Å². The fourth-order valence-corrected chi connectivity index (χ4v) is 12.7. The van der Waals surface area contributed by atoms with Gasteiger partial charge in [0, 0.05) is 10.8 Å². The molecule has 1 saturated heterocycles. The molecule has 0 atom stereocenters. The van der Waals surface area contributed by atoms with Crippen LogP contribution in [0, 0.1) is 34.6 Å². The lowest BCUT2D eigenvalue weighted by Gasteiger charge is -2.34. The minimum Gasteiger partial charge on any atom is -0.481 e. The largest absolute Gasteiger partial charge is 0.495 e. The van der Waals surface area contributed by atoms with Crippen LogP contribution in [0.5, 0.6) is 0 Å². The van der Waals surface area contributed by atoms with Gasteiger partial charge in [-0.3, -0.25) is 4.79 Å². The first-order valence-electron chi connectivity index (χ1n) is 28.9. The Labute approximate surface area is 458 Å². The predicted molar refractivity (Wildman–Crippen MR) is 319 cm³/mol. The number of carboxylic acid groups (broad SMARTS) is 1. The van der Waals surface area contributed by atoms with Crippen LogP contribution in [-0.4, -0.2) is 50.8 Å². The van der Waals surface area contributed by atoms with Crippen LogP contribution < -0.4 is 5.46 Å². The van der Waals surface area contributed by atoms with E-state index in [1.54, 1.807) is 0 Å². The highest BCUT2D eigenvalue weighted by Gasteiger charge is 2.52. The van der Waals surface area contributed by atoms with E-state index in [4.69, 9.17) is 9.31 Å². The molecule has 0 amide bonds. The van der Waals surface area contributed by atoms with Gasteiger partial charge in [-0.1, -0.05) is 193 Å². The van der Waals surface area contributed by atoms with Crippen LogP contribution in [0.1, 0.15) is 212 Å². The van der Waals surface area contributed by atoms with Gasteiger partial charge in [0.15, 0.2) is 0 Å². The Morgan fingerprint density at radius 2 is 0.934 bits per heavy atom. The molecule has 0 aromatic heterocycles. The molecule has 3 aliphatic rings. The van der Waals surface area contributed by atoms with Crippen LogP contribution in [0.15, 0.2) is 103 Å². The number of aliphatic carboxylic acids is 1. The summed E-state index contributed by atoms with van der Waals surface area (Å²) in [6.07, 6.45) is 22.6. The summed E-state index contributed by atoms with van der Waals surface area (Å²) < 4.78 is 12.7. The summed E-state index contributed by atoms with van der Waals surface area (Å²) in [5.74, 6) is -0.813. The topological polar surface area (TPSA) is 96.2 Å². The van der Waals surface area contributed by atoms with Gasteiger partial charge in [0.05, 0.1) is 28.8 Å². The smallest absolute Gasteiger partial charge is 0.481 e. The first-order valence-corrected chi connectivity index (χ1v) is 28.9. The first-order chi connectivity index (χ1) is 36.0. The van der Waals surface area contributed by atoms with Crippen molar-refractivity contribution in [3.8, 4) is 11.1 Å². The fourth-order valence-electron chi connectivity index (χ4n) is 12.7. The summed E-state index contributed by atoms with van der Waals surface area (Å²) >= 11 is 0. The minimum atomic E-state index is -0.813. The van der Waals surface area contributed by atoms with E-state index in [1.165, 1.54) is 57.3 Å². The number of benzene rings is 5. The SMILES string of the molecule is CCC(CC)(c1ccc(/C=C/C2(O)CCCCC2)c(C)c1)c1ccc(-c2cc(C)ccc2CC(=O)O)c(C)c1.CCC(CC)(c1ccc(/C=C/C2(O)CCCCC2)c(C)c1)c1ccc(B2OC(C)(C)C(C)(C)O2)c(C)c1. The lowest BCUT2D eigenvalue weighted by molar-refractivity contribution is -0.136. The van der Waals surface area contributed by atoms with Crippen molar-refractivity contribution in [2.24, 2.45) is 0 Å². The Balaban J connectivity index is 0.000000221. The van der Waals surface area contributed by atoms with Crippen molar-refractivity contribution in [1.82, 2.24) is 0 Å². The third-order valence-corrected chi connectivity index (χ3v) is 18.6. The van der Waals surface area contributed by atoms with Crippen molar-refractivity contribution in [2.75, 3.05) is 0 Å². The third-order valence-electron chi connectivity index (χ3n) is 18.6. The Hall–Kier alpha value is -5.05. The van der Waals surface area contributed by atoms with Gasteiger partial charge in [0.25, 0.3) is 0 Å². The van der Waals surface area contributed by atoms with Crippen LogP contribution in [0.2, 0.25) is 0 Å². The Morgan fingerprint density at radius 3 is 1.33 bits per heavy atom. The number of carbonyl (C=O) groups is 1. The van der Waals surface area contributed by atoms with Crippen molar-refractivity contribution in [1.29, 1.82) is 0 Å². The molecule has 5 aromatic carbocycles. The number of aryl methyl sites for hydroxylation is 5. The summed E-state index contributed by atoms with van der Waals surface area (Å²) in [6.45, 7) is 28.3. The molecule has 3 N–H and O–H groups in total. The van der Waals surface area contributed by atoms with Crippen LogP contribution in [0.25, 0.3) is 23.3 Å². The molecule has 1 heterocycles. The van der Waals surface area contributed by atoms with E-state index < -0.39 is 17.2 Å². The number of hydrogen-bond donors (Lipinski definition) is 3. The molecule has 2 aliphatic carbocycles. The van der Waals surface area contributed by atoms with Crippen molar-refractivity contribution in [2.45, 2.75) is 220 Å². The lowest BCUT2D eigenvalue weighted by Crippen LogP contribution is -2.41. The quantitative estimate of drug-likeness (QED) is 0.0852. The average molecular weight is 1030 g/mol. The highest BCUT2D eigenvalue weighted by molar-refractivity contribution is 6.62. The molecule has 2 saturated carbocycles. The number of carboxylic acids is 1. The van der Waals surface area contributed by atoms with Crippen molar-refractivity contribution in [3.63, 3.8) is 0 Å². The Morgan fingerprint density at radius 1 is 0.526 bits per heavy atom. The third kappa shape index (κ3) is 12.6. The number of hydrogen-bond acceptors (Lipinski definition) is 5. The van der Waals surface area contributed by atoms with E-state index in [9.17, 15) is 20.1 Å². The molecule has 0 spiro atoms. The summed E-state index contributed by atoms with van der Waals surface area (Å²) in [5, 5.41) is 31.3. The standard InChI is InChI=1S/C36H44O3.C33H47BO3/c1-6-36(7-2,30-14-13-28(26(4)22-30)17-20-35(39)18-9-8-10-19-35)31-15-16-32(27(5)23-31)33-21-25(3)11-12-29(33)24-34(37)38;1-9-33(10-2,27-15-14-26(24(3)22-27)18-21-32(35)19-12-11-13-20-32)28-16-17-29(25(4)23-28)34-36-30(5,6)31(7,8)37-34/h11-17,20-23,39H,6-10,18-19,24H2,1-5H3,(H,37,38);14-18,21-23,35H,9-13,19-20H2,1-8H3/b20-17+;21-18+. The second-order valence-electron chi connectivity index (χ2n) is 24.1. The van der Waals surface area contributed by atoms with E-state index in [0.29, 0.717) is 0 Å². The van der Waals surface area contributed by atoms with Crippen LogP contribution in [-0.2, 0) is 31.4 Å². The molecule has 0 radical (unpaired) electrons. The van der Waals surface area contributed by atoms with Gasteiger partial charge in [-0.05, 0) is 186 Å². The highest BCUT2D eigenvalue weighted by atomic mass is 16.7. The Kier molecular flexibility index (Phi) is 18.4. The van der Waals surface area contributed by atoms with Crippen molar-refractivity contribution >= 4 is 30.7 Å². The summed E-state index contributed by atoms with van der Waals surface area (Å²) in [7, 11) is -0.344. The van der Waals surface area contributed by atoms with Crippen LogP contribution in [0.3, 0.4) is 0 Å². The van der Waals surface area contributed by atoms with Gasteiger partial charge >= 0.3 is 13.1 Å². The molecule has 1 aliphatic heterocycles. The van der Waals surface area contributed by atoms with E-state index in [0.717, 1.165) is 116 Å².